The predicted octanol–water partition coefficient (Wildman–Crippen LogP) is 2.80. The van der Waals surface area contributed by atoms with Gasteiger partial charge < -0.3 is 15.2 Å². The van der Waals surface area contributed by atoms with E-state index < -0.39 is 11.5 Å². The summed E-state index contributed by atoms with van der Waals surface area (Å²) in [6.07, 6.45) is 4.72. The smallest absolute Gasteiger partial charge is 0.329 e. The Labute approximate surface area is 128 Å². The number of carbonyl (C=O) groups excluding carboxylic acids is 1. The second kappa shape index (κ2) is 7.04. The van der Waals surface area contributed by atoms with Crippen molar-refractivity contribution in [2.45, 2.75) is 50.7 Å². The van der Waals surface area contributed by atoms with Gasteiger partial charge in [-0.15, -0.1) is 11.3 Å². The van der Waals surface area contributed by atoms with E-state index in [1.807, 2.05) is 11.4 Å². The molecule has 1 heterocycles. The number of aliphatic carboxylic acids is 1. The van der Waals surface area contributed by atoms with E-state index in [9.17, 15) is 14.7 Å². The molecule has 0 radical (unpaired) electrons. The van der Waals surface area contributed by atoms with Gasteiger partial charge in [-0.1, -0.05) is 25.7 Å². The van der Waals surface area contributed by atoms with Crippen molar-refractivity contribution in [2.75, 3.05) is 7.11 Å². The average molecular weight is 311 g/mol. The zero-order valence-corrected chi connectivity index (χ0v) is 13.0. The summed E-state index contributed by atoms with van der Waals surface area (Å²) in [5.74, 6) is -1.23. The van der Waals surface area contributed by atoms with E-state index in [0.29, 0.717) is 24.3 Å². The monoisotopic (exact) mass is 311 g/mol. The predicted molar refractivity (Wildman–Crippen MR) is 80.6 cm³/mol. The van der Waals surface area contributed by atoms with Crippen LogP contribution in [0.4, 0.5) is 0 Å². The summed E-state index contributed by atoms with van der Waals surface area (Å²) in [5.41, 5.74) is -0.323. The molecule has 0 atom stereocenters. The normalized spacial score (nSPS) is 18.0. The van der Waals surface area contributed by atoms with E-state index in [-0.39, 0.29) is 5.91 Å². The summed E-state index contributed by atoms with van der Waals surface area (Å²) in [7, 11) is 1.57. The molecule has 1 saturated carbocycles. The minimum Gasteiger partial charge on any atom is -0.480 e. The van der Waals surface area contributed by atoms with Crippen LogP contribution >= 0.6 is 11.3 Å². The maximum atomic E-state index is 12.5. The number of ether oxygens (including phenoxy) is 1. The molecule has 1 fully saturated rings. The quantitative estimate of drug-likeness (QED) is 0.820. The fourth-order valence-corrected chi connectivity index (χ4v) is 3.61. The maximum absolute atomic E-state index is 12.5. The molecule has 0 bridgehead atoms. The minimum absolute atomic E-state index is 0.304. The van der Waals surface area contributed by atoms with Gasteiger partial charge in [0, 0.05) is 12.7 Å². The Balaban J connectivity index is 2.18. The van der Waals surface area contributed by atoms with Crippen LogP contribution in [0.2, 0.25) is 0 Å². The Kier molecular flexibility index (Phi) is 5.36. The van der Waals surface area contributed by atoms with Crippen LogP contribution in [0.5, 0.6) is 0 Å². The highest BCUT2D eigenvalue weighted by Gasteiger charge is 2.40. The lowest BCUT2D eigenvalue weighted by atomic mass is 9.90. The molecule has 2 N–H and O–H groups in total. The number of carbonyl (C=O) groups is 2. The standard InChI is InChI=1S/C15H21NO4S/c1-20-10-11-6-9-21-12(11)13(17)16-15(14(18)19)7-4-2-3-5-8-15/h6,9H,2-5,7-8,10H2,1H3,(H,16,17)(H,18,19). The fourth-order valence-electron chi connectivity index (χ4n) is 2.80. The third-order valence-corrected chi connectivity index (χ3v) is 4.93. The average Bonchev–Trinajstić information content (AvgIpc) is 2.77. The van der Waals surface area contributed by atoms with Gasteiger partial charge in [-0.3, -0.25) is 4.79 Å². The van der Waals surface area contributed by atoms with Gasteiger partial charge in [-0.25, -0.2) is 4.79 Å². The molecule has 1 aliphatic rings. The van der Waals surface area contributed by atoms with E-state index in [4.69, 9.17) is 4.74 Å². The first-order chi connectivity index (χ1) is 10.1. The zero-order valence-electron chi connectivity index (χ0n) is 12.2. The molecular weight excluding hydrogens is 290 g/mol. The molecule has 0 aromatic carbocycles. The highest BCUT2D eigenvalue weighted by molar-refractivity contribution is 7.12. The maximum Gasteiger partial charge on any atom is 0.329 e. The lowest BCUT2D eigenvalue weighted by Gasteiger charge is -2.29. The Morgan fingerprint density at radius 3 is 2.57 bits per heavy atom. The molecule has 5 nitrogen and oxygen atoms in total. The zero-order chi connectivity index (χ0) is 15.3. The molecule has 21 heavy (non-hydrogen) atoms. The SMILES string of the molecule is COCc1ccsc1C(=O)NC1(C(=O)O)CCCCCC1. The second-order valence-electron chi connectivity index (χ2n) is 5.46. The van der Waals surface area contributed by atoms with Crippen LogP contribution in [0, 0.1) is 0 Å². The summed E-state index contributed by atoms with van der Waals surface area (Å²) in [5, 5.41) is 14.2. The van der Waals surface area contributed by atoms with E-state index in [1.54, 1.807) is 7.11 Å². The van der Waals surface area contributed by atoms with Crippen LogP contribution in [0.15, 0.2) is 11.4 Å². The number of hydrogen-bond acceptors (Lipinski definition) is 4. The molecule has 1 aliphatic carbocycles. The number of amides is 1. The van der Waals surface area contributed by atoms with Crippen molar-refractivity contribution in [1.29, 1.82) is 0 Å². The highest BCUT2D eigenvalue weighted by atomic mass is 32.1. The first-order valence-electron chi connectivity index (χ1n) is 7.20. The number of nitrogens with one attached hydrogen (secondary N) is 1. The number of carboxylic acids is 1. The Morgan fingerprint density at radius 1 is 1.33 bits per heavy atom. The first-order valence-corrected chi connectivity index (χ1v) is 8.08. The third kappa shape index (κ3) is 3.63. The Hall–Kier alpha value is -1.40. The van der Waals surface area contributed by atoms with Crippen LogP contribution < -0.4 is 5.32 Å². The minimum atomic E-state index is -1.12. The molecule has 1 aromatic rings. The van der Waals surface area contributed by atoms with Gasteiger partial charge >= 0.3 is 5.97 Å². The molecule has 0 unspecified atom stereocenters. The van der Waals surface area contributed by atoms with Gasteiger partial charge in [0.1, 0.15) is 5.54 Å². The third-order valence-electron chi connectivity index (χ3n) is 3.97. The lowest BCUT2D eigenvalue weighted by Crippen LogP contribution is -2.54. The largest absolute Gasteiger partial charge is 0.480 e. The summed E-state index contributed by atoms with van der Waals surface area (Å²) in [4.78, 5) is 24.7. The molecule has 0 spiro atoms. The van der Waals surface area contributed by atoms with E-state index in [0.717, 1.165) is 31.2 Å². The van der Waals surface area contributed by atoms with Crippen LogP contribution in [0.1, 0.15) is 53.8 Å². The highest BCUT2D eigenvalue weighted by Crippen LogP contribution is 2.29. The van der Waals surface area contributed by atoms with Crippen LogP contribution in [0.3, 0.4) is 0 Å². The molecule has 6 heteroatoms. The van der Waals surface area contributed by atoms with Gasteiger partial charge in [0.2, 0.25) is 0 Å². The Morgan fingerprint density at radius 2 is 2.00 bits per heavy atom. The van der Waals surface area contributed by atoms with Gasteiger partial charge in [-0.05, 0) is 24.3 Å². The molecule has 1 aromatic heterocycles. The van der Waals surface area contributed by atoms with Crippen LogP contribution in [0.25, 0.3) is 0 Å². The van der Waals surface area contributed by atoms with Crippen molar-refractivity contribution < 1.29 is 19.4 Å². The van der Waals surface area contributed by atoms with Gasteiger partial charge in [0.15, 0.2) is 0 Å². The van der Waals surface area contributed by atoms with Crippen molar-refractivity contribution in [3.63, 3.8) is 0 Å². The fraction of sp³-hybridized carbons (Fsp3) is 0.600. The van der Waals surface area contributed by atoms with Crippen LogP contribution in [-0.4, -0.2) is 29.6 Å². The number of hydrogen-bond donors (Lipinski definition) is 2. The molecule has 2 rings (SSSR count). The number of rotatable bonds is 5. The molecule has 116 valence electrons. The van der Waals surface area contributed by atoms with E-state index in [2.05, 4.69) is 5.32 Å². The summed E-state index contributed by atoms with van der Waals surface area (Å²) in [6.45, 7) is 0.353. The number of carboxylic acid groups (broad SMARTS) is 1. The summed E-state index contributed by atoms with van der Waals surface area (Å²) < 4.78 is 5.07. The van der Waals surface area contributed by atoms with Gasteiger partial charge in [-0.2, -0.15) is 0 Å². The summed E-state index contributed by atoms with van der Waals surface area (Å²) >= 11 is 1.32. The number of thiophene rings is 1. The topological polar surface area (TPSA) is 75.6 Å². The van der Waals surface area contributed by atoms with E-state index >= 15 is 0 Å². The Bertz CT molecular complexity index is 504. The van der Waals surface area contributed by atoms with E-state index in [1.165, 1.54) is 11.3 Å². The van der Waals surface area contributed by atoms with Crippen molar-refractivity contribution in [3.05, 3.63) is 21.9 Å². The number of methoxy groups -OCH3 is 1. The van der Waals surface area contributed by atoms with Gasteiger partial charge in [0.05, 0.1) is 11.5 Å². The van der Waals surface area contributed by atoms with Crippen molar-refractivity contribution >= 4 is 23.2 Å². The van der Waals surface area contributed by atoms with Crippen molar-refractivity contribution in [2.24, 2.45) is 0 Å². The second-order valence-corrected chi connectivity index (χ2v) is 6.38. The summed E-state index contributed by atoms with van der Waals surface area (Å²) in [6, 6.07) is 1.84. The molecule has 1 amide bonds. The van der Waals surface area contributed by atoms with Crippen molar-refractivity contribution in [1.82, 2.24) is 5.32 Å². The first kappa shape index (κ1) is 16.0. The van der Waals surface area contributed by atoms with Gasteiger partial charge in [0.25, 0.3) is 5.91 Å². The molecule has 0 saturated heterocycles. The lowest BCUT2D eigenvalue weighted by molar-refractivity contribution is -0.145. The van der Waals surface area contributed by atoms with Crippen molar-refractivity contribution in [3.8, 4) is 0 Å². The van der Waals surface area contributed by atoms with Crippen LogP contribution in [-0.2, 0) is 16.1 Å². The molecular formula is C15H21NO4S. The molecule has 0 aliphatic heterocycles.